The fourth-order valence-corrected chi connectivity index (χ4v) is 6.34. The average Bonchev–Trinajstić information content (AvgIpc) is 3.50. The molecule has 4 saturated heterocycles. The molecule has 0 aromatic carbocycles. The zero-order valence-electron chi connectivity index (χ0n) is 17.4. The molecule has 30 heavy (non-hydrogen) atoms. The quantitative estimate of drug-likeness (QED) is 0.776. The zero-order valence-corrected chi connectivity index (χ0v) is 17.4. The van der Waals surface area contributed by atoms with Gasteiger partial charge < -0.3 is 19.3 Å². The van der Waals surface area contributed by atoms with Crippen LogP contribution in [0, 0.1) is 5.92 Å². The fraction of sp³-hybridized carbons (Fsp3) is 0.773. The summed E-state index contributed by atoms with van der Waals surface area (Å²) < 4.78 is 11.4. The van der Waals surface area contributed by atoms with Crippen LogP contribution >= 0.6 is 0 Å². The first-order valence-corrected chi connectivity index (χ1v) is 11.5. The van der Waals surface area contributed by atoms with E-state index in [9.17, 15) is 9.59 Å². The van der Waals surface area contributed by atoms with Crippen molar-refractivity contribution in [2.75, 3.05) is 44.3 Å². The second-order valence-corrected chi connectivity index (χ2v) is 9.64. The summed E-state index contributed by atoms with van der Waals surface area (Å²) >= 11 is 0. The Balaban J connectivity index is 1.21. The Kier molecular flexibility index (Phi) is 4.42. The third-order valence-electron chi connectivity index (χ3n) is 8.12. The van der Waals surface area contributed by atoms with Crippen molar-refractivity contribution in [1.82, 2.24) is 14.9 Å². The van der Waals surface area contributed by atoms with Crippen molar-refractivity contribution in [1.29, 1.82) is 0 Å². The molecule has 0 radical (unpaired) electrons. The highest BCUT2D eigenvalue weighted by Crippen LogP contribution is 2.46. The zero-order chi connectivity index (χ0) is 20.3. The summed E-state index contributed by atoms with van der Waals surface area (Å²) in [6, 6.07) is 0. The van der Waals surface area contributed by atoms with Crippen LogP contribution in [0.5, 0.6) is 0 Å². The van der Waals surface area contributed by atoms with Crippen LogP contribution in [-0.4, -0.2) is 72.4 Å². The molecule has 0 saturated carbocycles. The maximum atomic E-state index is 13.1. The van der Waals surface area contributed by atoms with Gasteiger partial charge in [-0.3, -0.25) is 14.6 Å². The number of nitrogens with zero attached hydrogens (tertiary/aromatic N) is 3. The van der Waals surface area contributed by atoms with Crippen LogP contribution in [0.1, 0.15) is 49.8 Å². The Bertz CT molecular complexity index is 901. The molecule has 1 aromatic heterocycles. The lowest BCUT2D eigenvalue weighted by Gasteiger charge is -2.41. The van der Waals surface area contributed by atoms with E-state index in [4.69, 9.17) is 14.5 Å². The number of H-pyrrole nitrogens is 1. The highest BCUT2D eigenvalue weighted by atomic mass is 16.5. The van der Waals surface area contributed by atoms with Crippen molar-refractivity contribution < 1.29 is 14.3 Å². The number of hydrogen-bond donors (Lipinski definition) is 1. The van der Waals surface area contributed by atoms with Crippen molar-refractivity contribution >= 4 is 11.9 Å². The molecule has 0 unspecified atom stereocenters. The second kappa shape index (κ2) is 7.05. The van der Waals surface area contributed by atoms with Gasteiger partial charge in [-0.05, 0) is 44.9 Å². The number of carbonyl (C=O) groups is 1. The number of likely N-dealkylation sites (tertiary alicyclic amines) is 1. The highest BCUT2D eigenvalue weighted by Gasteiger charge is 2.49. The summed E-state index contributed by atoms with van der Waals surface area (Å²) in [6.45, 7) is 4.35. The molecular weight excluding hydrogens is 384 g/mol. The number of ether oxygens (including phenoxy) is 2. The van der Waals surface area contributed by atoms with Crippen LogP contribution < -0.4 is 10.5 Å². The van der Waals surface area contributed by atoms with Crippen molar-refractivity contribution in [2.24, 2.45) is 5.92 Å². The lowest BCUT2D eigenvalue weighted by molar-refractivity contribution is -0.138. The molecule has 1 aliphatic carbocycles. The summed E-state index contributed by atoms with van der Waals surface area (Å²) in [5.41, 5.74) is 1.79. The number of aromatic nitrogens is 2. The lowest BCUT2D eigenvalue weighted by Crippen LogP contribution is -2.48. The van der Waals surface area contributed by atoms with E-state index in [2.05, 4.69) is 9.88 Å². The Hall–Kier alpha value is -1.93. The number of aromatic amines is 1. The standard InChI is InChI=1S/C22H30N4O4/c27-19-15-3-4-22(18(15)23-21(24-19)26-9-11-29-12-10-26)5-7-25(8-6-22)20(28)16-13-14-1-2-17(16)30-14/h14,16-17H,1-13H2,(H,23,24,27)/t14-,16+,17+/m0/s1. The molecule has 8 nitrogen and oxygen atoms in total. The molecule has 8 heteroatoms. The van der Waals surface area contributed by atoms with Crippen LogP contribution in [0.3, 0.4) is 0 Å². The summed E-state index contributed by atoms with van der Waals surface area (Å²) in [5, 5.41) is 0. The van der Waals surface area contributed by atoms with Gasteiger partial charge in [0, 0.05) is 37.2 Å². The number of amides is 1. The molecule has 1 amide bonds. The molecule has 1 N–H and O–H groups in total. The molecule has 4 fully saturated rings. The number of hydrogen-bond acceptors (Lipinski definition) is 6. The summed E-state index contributed by atoms with van der Waals surface area (Å²) in [5.74, 6) is 1.02. The number of rotatable bonds is 2. The van der Waals surface area contributed by atoms with Crippen LogP contribution in [0.2, 0.25) is 0 Å². The number of morpholine rings is 1. The third kappa shape index (κ3) is 2.91. The van der Waals surface area contributed by atoms with Gasteiger partial charge in [-0.15, -0.1) is 0 Å². The van der Waals surface area contributed by atoms with Crippen molar-refractivity contribution in [3.63, 3.8) is 0 Å². The Morgan fingerprint density at radius 3 is 2.60 bits per heavy atom. The maximum Gasteiger partial charge on any atom is 0.255 e. The van der Waals surface area contributed by atoms with Crippen LogP contribution in [0.15, 0.2) is 4.79 Å². The third-order valence-corrected chi connectivity index (χ3v) is 8.12. The molecule has 2 bridgehead atoms. The van der Waals surface area contributed by atoms with Gasteiger partial charge >= 0.3 is 0 Å². The largest absolute Gasteiger partial charge is 0.378 e. The molecule has 6 rings (SSSR count). The Morgan fingerprint density at radius 2 is 1.90 bits per heavy atom. The molecule has 162 valence electrons. The number of anilines is 1. The summed E-state index contributed by atoms with van der Waals surface area (Å²) in [4.78, 5) is 38.1. The fourth-order valence-electron chi connectivity index (χ4n) is 6.34. The van der Waals surface area contributed by atoms with E-state index in [0.717, 1.165) is 82.4 Å². The van der Waals surface area contributed by atoms with Crippen molar-refractivity contribution in [3.8, 4) is 0 Å². The SMILES string of the molecule is O=C([C@@H]1C[C@@H]2CC[C@H]1O2)N1CCC2(CCc3c2nc(N2CCOCC2)[nH]c3=O)CC1. The van der Waals surface area contributed by atoms with E-state index in [-0.39, 0.29) is 28.9 Å². The highest BCUT2D eigenvalue weighted by molar-refractivity contribution is 5.80. The number of fused-ring (bicyclic) bond motifs is 4. The van der Waals surface area contributed by atoms with Crippen molar-refractivity contribution in [3.05, 3.63) is 21.6 Å². The van der Waals surface area contributed by atoms with E-state index in [1.165, 1.54) is 0 Å². The Labute approximate surface area is 175 Å². The maximum absolute atomic E-state index is 13.1. The van der Waals surface area contributed by atoms with E-state index in [1.807, 2.05) is 4.90 Å². The first-order valence-electron chi connectivity index (χ1n) is 11.5. The molecule has 1 spiro atoms. The van der Waals surface area contributed by atoms with Crippen LogP contribution in [0.25, 0.3) is 0 Å². The van der Waals surface area contributed by atoms with Crippen molar-refractivity contribution in [2.45, 2.75) is 62.6 Å². The minimum atomic E-state index is -0.0629. The first kappa shape index (κ1) is 18.8. The van der Waals surface area contributed by atoms with Gasteiger partial charge in [0.25, 0.3) is 5.56 Å². The minimum absolute atomic E-state index is 0.0102. The first-order chi connectivity index (χ1) is 14.6. The molecular formula is C22H30N4O4. The number of nitrogens with one attached hydrogen (secondary N) is 1. The van der Waals surface area contributed by atoms with Gasteiger partial charge in [-0.2, -0.15) is 0 Å². The monoisotopic (exact) mass is 414 g/mol. The lowest BCUT2D eigenvalue weighted by atomic mass is 9.75. The van der Waals surface area contributed by atoms with E-state index < -0.39 is 0 Å². The normalized spacial score (nSPS) is 32.1. The summed E-state index contributed by atoms with van der Waals surface area (Å²) in [7, 11) is 0. The van der Waals surface area contributed by atoms with Gasteiger partial charge in [-0.25, -0.2) is 4.98 Å². The second-order valence-electron chi connectivity index (χ2n) is 9.64. The van der Waals surface area contributed by atoms with Gasteiger partial charge in [0.2, 0.25) is 11.9 Å². The number of carbonyl (C=O) groups excluding carboxylic acids is 1. The summed E-state index contributed by atoms with van der Waals surface area (Å²) in [6.07, 6.45) is 7.02. The molecule has 4 aliphatic heterocycles. The van der Waals surface area contributed by atoms with Gasteiger partial charge in [-0.1, -0.05) is 0 Å². The predicted molar refractivity (Wildman–Crippen MR) is 110 cm³/mol. The van der Waals surface area contributed by atoms with E-state index >= 15 is 0 Å². The Morgan fingerprint density at radius 1 is 1.10 bits per heavy atom. The van der Waals surface area contributed by atoms with Crippen LogP contribution in [-0.2, 0) is 26.1 Å². The van der Waals surface area contributed by atoms with E-state index in [1.54, 1.807) is 0 Å². The molecule has 5 aliphatic rings. The van der Waals surface area contributed by atoms with Crippen LogP contribution in [0.4, 0.5) is 5.95 Å². The predicted octanol–water partition coefficient (Wildman–Crippen LogP) is 0.980. The van der Waals surface area contributed by atoms with Gasteiger partial charge in [0.15, 0.2) is 0 Å². The van der Waals surface area contributed by atoms with E-state index in [0.29, 0.717) is 25.3 Å². The molecule has 5 heterocycles. The average molecular weight is 415 g/mol. The molecule has 3 atom stereocenters. The minimum Gasteiger partial charge on any atom is -0.378 e. The van der Waals surface area contributed by atoms with Gasteiger partial charge in [0.1, 0.15) is 0 Å². The molecule has 1 aromatic rings. The number of piperidine rings is 1. The smallest absolute Gasteiger partial charge is 0.255 e. The topological polar surface area (TPSA) is 87.8 Å². The van der Waals surface area contributed by atoms with Gasteiger partial charge in [0.05, 0.1) is 37.0 Å².